The van der Waals surface area contributed by atoms with Gasteiger partial charge in [0.15, 0.2) is 6.39 Å². The highest BCUT2D eigenvalue weighted by molar-refractivity contribution is 5.78. The molecule has 1 heterocycles. The lowest BCUT2D eigenvalue weighted by atomic mass is 9.82. The molecule has 0 aliphatic rings. The molecule has 0 aromatic carbocycles. The van der Waals surface area contributed by atoms with E-state index in [1.165, 1.54) is 20.4 Å². The summed E-state index contributed by atoms with van der Waals surface area (Å²) in [6, 6.07) is 0. The van der Waals surface area contributed by atoms with Crippen LogP contribution in [0.3, 0.4) is 0 Å². The van der Waals surface area contributed by atoms with Crippen molar-refractivity contribution in [3.63, 3.8) is 0 Å². The summed E-state index contributed by atoms with van der Waals surface area (Å²) in [4.78, 5) is 27.2. The number of methoxy groups -OCH3 is 1. The van der Waals surface area contributed by atoms with Crippen molar-refractivity contribution in [2.75, 3.05) is 7.11 Å². The van der Waals surface area contributed by atoms with E-state index in [-0.39, 0.29) is 0 Å². The van der Waals surface area contributed by atoms with E-state index >= 15 is 0 Å². The lowest BCUT2D eigenvalue weighted by Gasteiger charge is -2.31. The van der Waals surface area contributed by atoms with Gasteiger partial charge in [0.05, 0.1) is 13.3 Å². The number of oxazole rings is 1. The zero-order valence-electron chi connectivity index (χ0n) is 15.3. The van der Waals surface area contributed by atoms with Crippen LogP contribution in [0.2, 0.25) is 0 Å². The van der Waals surface area contributed by atoms with Gasteiger partial charge in [0.2, 0.25) is 0 Å². The van der Waals surface area contributed by atoms with Crippen LogP contribution in [0.1, 0.15) is 33.5 Å². The number of nitrogens with zero attached hydrogens (tertiary/aromatic N) is 1. The van der Waals surface area contributed by atoms with Crippen molar-refractivity contribution in [1.82, 2.24) is 4.98 Å². The van der Waals surface area contributed by atoms with Gasteiger partial charge in [-0.15, -0.1) is 0 Å². The Kier molecular flexibility index (Phi) is 7.85. The molecule has 0 unspecified atom stereocenters. The number of carbonyl (C=O) groups is 2. The average molecular weight is 347 g/mol. The minimum atomic E-state index is -0.989. The minimum absolute atomic E-state index is 0.442. The number of ether oxygens (including phenoxy) is 2. The van der Waals surface area contributed by atoms with Crippen molar-refractivity contribution < 1.29 is 23.5 Å². The van der Waals surface area contributed by atoms with Crippen LogP contribution < -0.4 is 0 Å². The highest BCUT2D eigenvalue weighted by Crippen LogP contribution is 2.30. The smallest absolute Gasteiger partial charge is 0.315 e. The van der Waals surface area contributed by atoms with Gasteiger partial charge in [-0.25, -0.2) is 4.98 Å². The maximum absolute atomic E-state index is 12.0. The largest absolute Gasteiger partial charge is 0.468 e. The van der Waals surface area contributed by atoms with Crippen molar-refractivity contribution in [2.24, 2.45) is 5.41 Å². The van der Waals surface area contributed by atoms with Crippen LogP contribution >= 0.6 is 0 Å². The summed E-state index contributed by atoms with van der Waals surface area (Å²) in [6.45, 7) is 6.49. The molecule has 1 rings (SSSR count). The van der Waals surface area contributed by atoms with Gasteiger partial charge >= 0.3 is 11.9 Å². The second-order valence-corrected chi connectivity index (χ2v) is 6.10. The summed E-state index contributed by atoms with van der Waals surface area (Å²) in [5.41, 5.74) is -0.248. The fourth-order valence-electron chi connectivity index (χ4n) is 2.31. The Morgan fingerprint density at radius 3 is 2.56 bits per heavy atom. The van der Waals surface area contributed by atoms with Crippen molar-refractivity contribution >= 4 is 11.9 Å². The third-order valence-electron chi connectivity index (χ3n) is 3.58. The number of aromatic nitrogens is 1. The van der Waals surface area contributed by atoms with Gasteiger partial charge in [-0.1, -0.05) is 30.4 Å². The van der Waals surface area contributed by atoms with Crippen LogP contribution in [-0.2, 0) is 25.5 Å². The third-order valence-corrected chi connectivity index (χ3v) is 3.58. The predicted molar refractivity (Wildman–Crippen MR) is 93.6 cm³/mol. The van der Waals surface area contributed by atoms with Gasteiger partial charge in [0.25, 0.3) is 0 Å². The lowest BCUT2D eigenvalue weighted by molar-refractivity contribution is -0.164. The Morgan fingerprint density at radius 2 is 2.00 bits per heavy atom. The second-order valence-electron chi connectivity index (χ2n) is 6.10. The molecule has 0 N–H and O–H groups in total. The molecule has 0 radical (unpaired) electrons. The van der Waals surface area contributed by atoms with Gasteiger partial charge < -0.3 is 13.9 Å². The Labute approximate surface area is 148 Å². The highest BCUT2D eigenvalue weighted by Gasteiger charge is 2.41. The van der Waals surface area contributed by atoms with Gasteiger partial charge in [-0.05, 0) is 26.3 Å². The number of hydrogen-bond acceptors (Lipinski definition) is 6. The Bertz CT molecular complexity index is 653. The first-order valence-electron chi connectivity index (χ1n) is 7.92. The Balaban J connectivity index is 2.78. The van der Waals surface area contributed by atoms with Crippen LogP contribution in [0.25, 0.3) is 0 Å². The predicted octanol–water partition coefficient (Wildman–Crippen LogP) is 3.41. The first kappa shape index (κ1) is 20.4. The molecule has 0 saturated heterocycles. The summed E-state index contributed by atoms with van der Waals surface area (Å²) in [6.07, 6.45) is 12.3. The standard InChI is InChI=1S/C19H25NO5/c1-14(10-8-6-7-9-11-16-12-20-13-24-16)17(25-15(2)21)19(3,4)18(22)23-5/h6-10,12-13,17H,11H2,1-5H3/b8-6+,9-7+,14-10+/t17-/m1/s1. The van der Waals surface area contributed by atoms with Crippen LogP contribution in [0.4, 0.5) is 0 Å². The number of hydrogen-bond donors (Lipinski definition) is 0. The van der Waals surface area contributed by atoms with Crippen molar-refractivity contribution in [3.8, 4) is 0 Å². The average Bonchev–Trinajstić information content (AvgIpc) is 3.07. The fraction of sp³-hybridized carbons (Fsp3) is 0.421. The molecule has 25 heavy (non-hydrogen) atoms. The van der Waals surface area contributed by atoms with Crippen LogP contribution in [0, 0.1) is 5.41 Å². The topological polar surface area (TPSA) is 78.6 Å². The van der Waals surface area contributed by atoms with Gasteiger partial charge in [0.1, 0.15) is 17.3 Å². The SMILES string of the molecule is COC(=O)C(C)(C)[C@H](OC(C)=O)/C(C)=C/C=C/C=C/Cc1cnco1. The van der Waals surface area contributed by atoms with Crippen LogP contribution in [0.5, 0.6) is 0 Å². The van der Waals surface area contributed by atoms with Crippen LogP contribution in [-0.4, -0.2) is 30.1 Å². The molecule has 0 fully saturated rings. The molecule has 136 valence electrons. The fourth-order valence-corrected chi connectivity index (χ4v) is 2.31. The van der Waals surface area contributed by atoms with E-state index in [4.69, 9.17) is 13.9 Å². The molecule has 6 nitrogen and oxygen atoms in total. The Hall–Kier alpha value is -2.63. The summed E-state index contributed by atoms with van der Waals surface area (Å²) >= 11 is 0. The van der Waals surface area contributed by atoms with Gasteiger partial charge in [-0.3, -0.25) is 9.59 Å². The molecule has 0 bridgehead atoms. The van der Waals surface area contributed by atoms with E-state index in [9.17, 15) is 9.59 Å². The number of allylic oxidation sites excluding steroid dienone is 5. The van der Waals surface area contributed by atoms with E-state index < -0.39 is 23.5 Å². The van der Waals surface area contributed by atoms with E-state index in [0.717, 1.165) is 11.3 Å². The van der Waals surface area contributed by atoms with Crippen LogP contribution in [0.15, 0.2) is 53.0 Å². The molecule has 1 atom stereocenters. The molecular weight excluding hydrogens is 322 g/mol. The zero-order valence-corrected chi connectivity index (χ0v) is 15.3. The maximum atomic E-state index is 12.0. The van der Waals surface area contributed by atoms with Crippen molar-refractivity contribution in [2.45, 2.75) is 40.2 Å². The molecule has 0 aliphatic heterocycles. The molecular formula is C19H25NO5. The maximum Gasteiger partial charge on any atom is 0.315 e. The van der Waals surface area contributed by atoms with E-state index in [0.29, 0.717) is 6.42 Å². The highest BCUT2D eigenvalue weighted by atomic mass is 16.6. The van der Waals surface area contributed by atoms with E-state index in [1.807, 2.05) is 24.3 Å². The van der Waals surface area contributed by atoms with E-state index in [2.05, 4.69) is 4.98 Å². The van der Waals surface area contributed by atoms with Crippen molar-refractivity contribution in [3.05, 3.63) is 54.3 Å². The number of carbonyl (C=O) groups excluding carboxylic acids is 2. The summed E-state index contributed by atoms with van der Waals surface area (Å²) in [7, 11) is 1.31. The minimum Gasteiger partial charge on any atom is -0.468 e. The van der Waals surface area contributed by atoms with Gasteiger partial charge in [0, 0.05) is 13.3 Å². The monoisotopic (exact) mass is 347 g/mol. The second kappa shape index (κ2) is 9.61. The normalized spacial score (nSPS) is 14.0. The summed E-state index contributed by atoms with van der Waals surface area (Å²) in [5, 5.41) is 0. The number of esters is 2. The molecule has 0 aliphatic carbocycles. The zero-order chi connectivity index (χ0) is 18.9. The molecule has 0 spiro atoms. The molecule has 0 amide bonds. The molecule has 1 aromatic heterocycles. The first-order valence-corrected chi connectivity index (χ1v) is 7.92. The molecule has 6 heteroatoms. The van der Waals surface area contributed by atoms with Crippen molar-refractivity contribution in [1.29, 1.82) is 0 Å². The lowest BCUT2D eigenvalue weighted by Crippen LogP contribution is -2.41. The van der Waals surface area contributed by atoms with Gasteiger partial charge in [-0.2, -0.15) is 0 Å². The van der Waals surface area contributed by atoms with E-state index in [1.54, 1.807) is 33.0 Å². The third kappa shape index (κ3) is 6.41. The quantitative estimate of drug-likeness (QED) is 0.530. The molecule has 0 saturated carbocycles. The number of rotatable bonds is 8. The summed E-state index contributed by atoms with van der Waals surface area (Å²) < 4.78 is 15.3. The molecule has 1 aromatic rings. The Morgan fingerprint density at radius 1 is 1.28 bits per heavy atom. The summed E-state index contributed by atoms with van der Waals surface area (Å²) in [5.74, 6) is -0.112. The first-order chi connectivity index (χ1) is 11.8.